The average Bonchev–Trinajstić information content (AvgIpc) is 2.77. The van der Waals surface area contributed by atoms with E-state index < -0.39 is 11.8 Å². The van der Waals surface area contributed by atoms with E-state index in [1.54, 1.807) is 37.5 Å². The number of aromatic carboxylic acids is 1. The smallest absolute Gasteiger partial charge is 0.336 e. The van der Waals surface area contributed by atoms with Gasteiger partial charge in [-0.25, -0.2) is 9.18 Å². The molecule has 0 bridgehead atoms. The molecule has 31 heavy (non-hydrogen) atoms. The summed E-state index contributed by atoms with van der Waals surface area (Å²) in [6.07, 6.45) is 3.15. The Morgan fingerprint density at radius 1 is 1.13 bits per heavy atom. The number of ether oxygens (including phenoxy) is 2. The first-order chi connectivity index (χ1) is 15.0. The maximum atomic E-state index is 14.6. The van der Waals surface area contributed by atoms with Crippen LogP contribution >= 0.6 is 0 Å². The fraction of sp³-hybridized carbons (Fsp3) is 0.192. The second-order valence-corrected chi connectivity index (χ2v) is 7.50. The number of halogens is 1. The standard InChI is InChI=1S/C26H23FO4/c1-4-11-31-24-14-19-16(12-23(24)30-3)9-10-17-15(2)25(18-7-5-6-8-22(18)27)21(26(28)29)13-20(17)19/h4-8,12-14H,1,9-11H2,2-3H3,(H,28,29). The predicted octanol–water partition coefficient (Wildman–Crippen LogP) is 5.84. The summed E-state index contributed by atoms with van der Waals surface area (Å²) in [7, 11) is 1.59. The molecule has 0 heterocycles. The molecule has 158 valence electrons. The van der Waals surface area contributed by atoms with Crippen molar-refractivity contribution in [3.8, 4) is 33.8 Å². The number of hydrogen-bond donors (Lipinski definition) is 1. The second-order valence-electron chi connectivity index (χ2n) is 7.50. The SMILES string of the molecule is C=CCOc1cc2c(cc1OC)CCc1c-2cc(C(=O)O)c(-c2ccccc2F)c1C. The molecular weight excluding hydrogens is 395 g/mol. The van der Waals surface area contributed by atoms with Crippen molar-refractivity contribution in [3.05, 3.63) is 83.2 Å². The van der Waals surface area contributed by atoms with Gasteiger partial charge in [0.25, 0.3) is 0 Å². The lowest BCUT2D eigenvalue weighted by Gasteiger charge is -2.26. The van der Waals surface area contributed by atoms with Crippen LogP contribution in [-0.2, 0) is 12.8 Å². The summed E-state index contributed by atoms with van der Waals surface area (Å²) in [4.78, 5) is 12.2. The molecule has 3 aromatic rings. The number of rotatable bonds is 6. The highest BCUT2D eigenvalue weighted by molar-refractivity contribution is 6.00. The van der Waals surface area contributed by atoms with E-state index in [0.29, 0.717) is 29.2 Å². The van der Waals surface area contributed by atoms with Gasteiger partial charge >= 0.3 is 5.97 Å². The topological polar surface area (TPSA) is 55.8 Å². The minimum Gasteiger partial charge on any atom is -0.493 e. The van der Waals surface area contributed by atoms with Crippen LogP contribution in [0.1, 0.15) is 27.0 Å². The van der Waals surface area contributed by atoms with E-state index in [1.807, 2.05) is 19.1 Å². The first-order valence-electron chi connectivity index (χ1n) is 10.1. The molecule has 1 aliphatic carbocycles. The van der Waals surface area contributed by atoms with E-state index in [2.05, 4.69) is 6.58 Å². The Kier molecular flexibility index (Phi) is 5.51. The molecule has 0 amide bonds. The van der Waals surface area contributed by atoms with Gasteiger partial charge in [-0.1, -0.05) is 30.9 Å². The Morgan fingerprint density at radius 3 is 2.58 bits per heavy atom. The number of carbonyl (C=O) groups is 1. The molecule has 4 nitrogen and oxygen atoms in total. The molecule has 1 N–H and O–H groups in total. The zero-order chi connectivity index (χ0) is 22.1. The van der Waals surface area contributed by atoms with Gasteiger partial charge in [0.1, 0.15) is 12.4 Å². The van der Waals surface area contributed by atoms with Crippen LogP contribution in [0.25, 0.3) is 22.3 Å². The lowest BCUT2D eigenvalue weighted by molar-refractivity contribution is 0.0697. The van der Waals surface area contributed by atoms with Gasteiger partial charge in [-0.15, -0.1) is 0 Å². The zero-order valence-electron chi connectivity index (χ0n) is 17.5. The summed E-state index contributed by atoms with van der Waals surface area (Å²) in [5, 5.41) is 9.97. The molecule has 1 aliphatic rings. The third-order valence-electron chi connectivity index (χ3n) is 5.77. The van der Waals surface area contributed by atoms with Crippen LogP contribution in [0.15, 0.2) is 55.1 Å². The highest BCUT2D eigenvalue weighted by Gasteiger charge is 2.27. The number of benzene rings is 3. The van der Waals surface area contributed by atoms with Gasteiger partial charge in [-0.2, -0.15) is 0 Å². The van der Waals surface area contributed by atoms with Crippen molar-refractivity contribution in [2.75, 3.05) is 13.7 Å². The van der Waals surface area contributed by atoms with Crippen LogP contribution in [-0.4, -0.2) is 24.8 Å². The fourth-order valence-electron chi connectivity index (χ4n) is 4.34. The van der Waals surface area contributed by atoms with Crippen LogP contribution in [0.3, 0.4) is 0 Å². The lowest BCUT2D eigenvalue weighted by atomic mass is 9.79. The Labute approximate surface area is 180 Å². The number of carboxylic acids is 1. The van der Waals surface area contributed by atoms with Crippen molar-refractivity contribution in [2.24, 2.45) is 0 Å². The molecule has 0 unspecified atom stereocenters. The summed E-state index contributed by atoms with van der Waals surface area (Å²) < 4.78 is 25.8. The predicted molar refractivity (Wildman–Crippen MR) is 119 cm³/mol. The second kappa shape index (κ2) is 8.26. The van der Waals surface area contributed by atoms with E-state index in [9.17, 15) is 14.3 Å². The van der Waals surface area contributed by atoms with Crippen molar-refractivity contribution < 1.29 is 23.8 Å². The third-order valence-corrected chi connectivity index (χ3v) is 5.77. The van der Waals surface area contributed by atoms with Crippen LogP contribution in [0.2, 0.25) is 0 Å². The third kappa shape index (κ3) is 3.56. The van der Waals surface area contributed by atoms with Gasteiger partial charge in [0.2, 0.25) is 0 Å². The van der Waals surface area contributed by atoms with Gasteiger partial charge in [0.15, 0.2) is 11.5 Å². The van der Waals surface area contributed by atoms with E-state index >= 15 is 0 Å². The molecule has 0 fully saturated rings. The monoisotopic (exact) mass is 418 g/mol. The Hall–Kier alpha value is -3.60. The van der Waals surface area contributed by atoms with Crippen LogP contribution < -0.4 is 9.47 Å². The van der Waals surface area contributed by atoms with Crippen LogP contribution in [0, 0.1) is 12.7 Å². The summed E-state index contributed by atoms with van der Waals surface area (Å²) >= 11 is 0. The summed E-state index contributed by atoms with van der Waals surface area (Å²) in [6.45, 7) is 5.88. The first kappa shape index (κ1) is 20.7. The maximum Gasteiger partial charge on any atom is 0.336 e. The lowest BCUT2D eigenvalue weighted by Crippen LogP contribution is -2.12. The minimum atomic E-state index is -1.09. The van der Waals surface area contributed by atoms with E-state index in [1.165, 1.54) is 6.07 Å². The van der Waals surface area contributed by atoms with Crippen molar-refractivity contribution in [1.82, 2.24) is 0 Å². The Balaban J connectivity index is 1.97. The van der Waals surface area contributed by atoms with E-state index in [4.69, 9.17) is 9.47 Å². The molecule has 0 radical (unpaired) electrons. The summed E-state index contributed by atoms with van der Waals surface area (Å²) in [5.41, 5.74) is 5.43. The number of fused-ring (bicyclic) bond motifs is 3. The average molecular weight is 418 g/mol. The molecule has 0 aromatic heterocycles. The Bertz CT molecular complexity index is 1200. The molecule has 0 spiro atoms. The highest BCUT2D eigenvalue weighted by Crippen LogP contribution is 2.44. The molecule has 0 saturated carbocycles. The van der Waals surface area contributed by atoms with Crippen molar-refractivity contribution in [1.29, 1.82) is 0 Å². The van der Waals surface area contributed by atoms with Gasteiger partial charge in [0, 0.05) is 11.1 Å². The largest absolute Gasteiger partial charge is 0.493 e. The van der Waals surface area contributed by atoms with Gasteiger partial charge in [-0.05, 0) is 71.8 Å². The van der Waals surface area contributed by atoms with Crippen molar-refractivity contribution >= 4 is 5.97 Å². The van der Waals surface area contributed by atoms with E-state index in [0.717, 1.165) is 40.7 Å². The highest BCUT2D eigenvalue weighted by atomic mass is 19.1. The van der Waals surface area contributed by atoms with Crippen molar-refractivity contribution in [2.45, 2.75) is 19.8 Å². The molecule has 0 aliphatic heterocycles. The molecule has 4 rings (SSSR count). The fourth-order valence-corrected chi connectivity index (χ4v) is 4.34. The maximum absolute atomic E-state index is 14.6. The molecule has 5 heteroatoms. The van der Waals surface area contributed by atoms with Crippen molar-refractivity contribution in [3.63, 3.8) is 0 Å². The quantitative estimate of drug-likeness (QED) is 0.511. The molecule has 0 saturated heterocycles. The molecule has 3 aromatic carbocycles. The number of carboxylic acid groups (broad SMARTS) is 1. The molecule has 0 atom stereocenters. The first-order valence-corrected chi connectivity index (χ1v) is 10.1. The Morgan fingerprint density at radius 2 is 1.90 bits per heavy atom. The minimum absolute atomic E-state index is 0.0820. The number of methoxy groups -OCH3 is 1. The zero-order valence-corrected chi connectivity index (χ0v) is 17.5. The van der Waals surface area contributed by atoms with Gasteiger partial charge < -0.3 is 14.6 Å². The summed E-state index contributed by atoms with van der Waals surface area (Å²) in [6, 6.07) is 11.8. The van der Waals surface area contributed by atoms with Gasteiger partial charge in [0.05, 0.1) is 12.7 Å². The molecular formula is C26H23FO4. The summed E-state index contributed by atoms with van der Waals surface area (Å²) in [5.74, 6) is -0.328. The number of hydrogen-bond acceptors (Lipinski definition) is 3. The number of aryl methyl sites for hydroxylation is 1. The van der Waals surface area contributed by atoms with Crippen LogP contribution in [0.4, 0.5) is 4.39 Å². The van der Waals surface area contributed by atoms with Gasteiger partial charge in [-0.3, -0.25) is 0 Å². The van der Waals surface area contributed by atoms with E-state index in [-0.39, 0.29) is 5.56 Å². The normalized spacial score (nSPS) is 12.0. The van der Waals surface area contributed by atoms with Crippen LogP contribution in [0.5, 0.6) is 11.5 Å².